The average molecular weight is 496 g/mol. The van der Waals surface area contributed by atoms with Gasteiger partial charge in [-0.3, -0.25) is 23.7 Å². The lowest BCUT2D eigenvalue weighted by Crippen LogP contribution is -2.45. The van der Waals surface area contributed by atoms with Crippen molar-refractivity contribution in [3.8, 4) is 0 Å². The first-order valence-electron chi connectivity index (χ1n) is 10.3. The number of aliphatic imine (C=N–C) groups is 1. The summed E-state index contributed by atoms with van der Waals surface area (Å²) in [6.45, 7) is 3.40. The number of allylic oxidation sites excluding steroid dienone is 1. The number of fused-ring (bicyclic) bond motifs is 3. The van der Waals surface area contributed by atoms with Crippen LogP contribution in [0.15, 0.2) is 23.1 Å². The summed E-state index contributed by atoms with van der Waals surface area (Å²) in [7, 11) is 0. The van der Waals surface area contributed by atoms with Crippen molar-refractivity contribution in [3.63, 3.8) is 0 Å². The van der Waals surface area contributed by atoms with Gasteiger partial charge in [-0.05, 0) is 0 Å². The molecule has 0 aromatic carbocycles. The zero-order chi connectivity index (χ0) is 24.6. The molecule has 0 bridgehead atoms. The molecule has 13 nitrogen and oxygen atoms in total. The van der Waals surface area contributed by atoms with Crippen LogP contribution in [0, 0.1) is 0 Å². The largest absolute Gasteiger partial charge is 0.463 e. The molecule has 1 N–H and O–H groups in total. The van der Waals surface area contributed by atoms with E-state index in [1.165, 1.54) is 44.1 Å². The van der Waals surface area contributed by atoms with Crippen LogP contribution in [0.2, 0.25) is 0 Å². The molecule has 5 atom stereocenters. The molecule has 14 heteroatoms. The first-order chi connectivity index (χ1) is 16.2. The number of nitrogens with one attached hydrogen (secondary N) is 1. The Hall–Kier alpha value is -3.45. The number of hydrogen-bond acceptors (Lipinski definition) is 11. The van der Waals surface area contributed by atoms with Crippen LogP contribution in [0.25, 0.3) is 0 Å². The quantitative estimate of drug-likeness (QED) is 0.334. The molecule has 4 heterocycles. The molecule has 1 aromatic heterocycles. The van der Waals surface area contributed by atoms with Gasteiger partial charge in [-0.1, -0.05) is 0 Å². The van der Waals surface area contributed by atoms with Crippen LogP contribution in [-0.2, 0) is 38.1 Å². The molecule has 3 aliphatic rings. The van der Waals surface area contributed by atoms with Crippen molar-refractivity contribution in [3.05, 3.63) is 23.8 Å². The zero-order valence-corrected chi connectivity index (χ0v) is 19.2. The lowest BCUT2D eigenvalue weighted by Gasteiger charge is -2.36. The Bertz CT molecular complexity index is 1090. The van der Waals surface area contributed by atoms with Gasteiger partial charge in [-0.15, -0.1) is 11.6 Å². The van der Waals surface area contributed by atoms with Gasteiger partial charge in [0.25, 0.3) is 0 Å². The lowest BCUT2D eigenvalue weighted by atomic mass is 10.1. The van der Waals surface area contributed by atoms with Crippen LogP contribution < -0.4 is 5.32 Å². The first-order valence-corrected chi connectivity index (χ1v) is 10.8. The topological polar surface area (TPSA) is 151 Å². The summed E-state index contributed by atoms with van der Waals surface area (Å²) in [6.07, 6.45) is -0.473. The summed E-state index contributed by atoms with van der Waals surface area (Å²) < 4.78 is 23.4. The highest BCUT2D eigenvalue weighted by molar-refractivity contribution is 6.20. The second kappa shape index (κ2) is 9.43. The third-order valence-corrected chi connectivity index (χ3v) is 5.57. The van der Waals surface area contributed by atoms with Crippen LogP contribution in [0.1, 0.15) is 38.9 Å². The van der Waals surface area contributed by atoms with E-state index in [2.05, 4.69) is 15.3 Å². The Morgan fingerprint density at radius 3 is 2.50 bits per heavy atom. The van der Waals surface area contributed by atoms with Gasteiger partial charge in [-0.25, -0.2) is 9.98 Å². The number of halogens is 1. The number of carbonyl (C=O) groups excluding carboxylic acids is 4. The number of alkyl halides is 1. The third kappa shape index (κ3) is 4.48. The number of nitrogens with zero attached hydrogens (tertiary/aromatic N) is 4. The molecule has 0 saturated carbocycles. The number of amides is 1. The maximum Gasteiger partial charge on any atom is 0.303 e. The standard InChI is InChI=1S/C20H22ClN5O8/c1-9(27)31-6-13-16(32-10(2)28)17(33-11(3)29)20(34-13)26-7-22-15-18(26)23-8-25-12(5-21)4-14(30)24-19(15)25/h4,7-8,13,16-17,19-20H,5-6H2,1-3H3,(H,24,30)/t13-,16-,17-,19-,20+/m0/s1. The SMILES string of the molecule is CC(=O)OC[C@@H]1O[C@@H](n2cnc3c2N=CN2C(CCl)=CC(=O)N[C@H]32)[C@@H](OC(C)=O)[C@H]1OC(C)=O. The molecule has 0 unspecified atom stereocenters. The van der Waals surface area contributed by atoms with Gasteiger partial charge in [0.05, 0.1) is 18.5 Å². The van der Waals surface area contributed by atoms with E-state index in [1.807, 2.05) is 0 Å². The van der Waals surface area contributed by atoms with E-state index in [9.17, 15) is 19.2 Å². The van der Waals surface area contributed by atoms with Crippen LogP contribution >= 0.6 is 11.6 Å². The van der Waals surface area contributed by atoms with Crippen molar-refractivity contribution in [1.29, 1.82) is 0 Å². The summed E-state index contributed by atoms with van der Waals surface area (Å²) >= 11 is 5.97. The van der Waals surface area contributed by atoms with Crippen molar-refractivity contribution >= 4 is 47.6 Å². The number of hydrogen-bond donors (Lipinski definition) is 1. The van der Waals surface area contributed by atoms with Crippen molar-refractivity contribution in [2.75, 3.05) is 12.5 Å². The Morgan fingerprint density at radius 1 is 1.15 bits per heavy atom. The molecule has 3 aliphatic heterocycles. The summed E-state index contributed by atoms with van der Waals surface area (Å²) in [5.41, 5.74) is 0.954. The van der Waals surface area contributed by atoms with E-state index in [1.54, 1.807) is 4.90 Å². The van der Waals surface area contributed by atoms with Crippen molar-refractivity contribution in [1.82, 2.24) is 19.8 Å². The third-order valence-electron chi connectivity index (χ3n) is 5.30. The number of aromatic nitrogens is 2. The van der Waals surface area contributed by atoms with E-state index in [4.69, 9.17) is 30.5 Å². The Kier molecular flexibility index (Phi) is 6.57. The molecule has 4 rings (SSSR count). The number of carbonyl (C=O) groups is 4. The molecule has 1 fully saturated rings. The molecule has 1 amide bonds. The van der Waals surface area contributed by atoms with E-state index < -0.39 is 48.6 Å². The Balaban J connectivity index is 1.70. The minimum atomic E-state index is -1.09. The first kappa shape index (κ1) is 23.7. The second-order valence-corrected chi connectivity index (χ2v) is 7.98. The van der Waals surface area contributed by atoms with Gasteiger partial charge < -0.3 is 29.2 Å². The van der Waals surface area contributed by atoms with Crippen LogP contribution in [0.4, 0.5) is 5.82 Å². The predicted octanol–water partition coefficient (Wildman–Crippen LogP) is 0.433. The normalized spacial score (nSPS) is 27.3. The second-order valence-electron chi connectivity index (χ2n) is 7.71. The van der Waals surface area contributed by atoms with E-state index in [-0.39, 0.29) is 18.4 Å². The lowest BCUT2D eigenvalue weighted by molar-refractivity contribution is -0.166. The van der Waals surface area contributed by atoms with Gasteiger partial charge in [0.1, 0.15) is 18.4 Å². The smallest absolute Gasteiger partial charge is 0.303 e. The van der Waals surface area contributed by atoms with Gasteiger partial charge in [0, 0.05) is 32.5 Å². The van der Waals surface area contributed by atoms with Crippen LogP contribution in [0.5, 0.6) is 0 Å². The van der Waals surface area contributed by atoms with Crippen molar-refractivity contribution in [2.24, 2.45) is 4.99 Å². The van der Waals surface area contributed by atoms with E-state index >= 15 is 0 Å². The molecular formula is C20H22ClN5O8. The summed E-state index contributed by atoms with van der Waals surface area (Å²) in [5.74, 6) is -1.74. The summed E-state index contributed by atoms with van der Waals surface area (Å²) in [6, 6.07) is 0. The van der Waals surface area contributed by atoms with Crippen molar-refractivity contribution < 1.29 is 38.1 Å². The van der Waals surface area contributed by atoms with E-state index in [0.29, 0.717) is 17.2 Å². The van der Waals surface area contributed by atoms with E-state index in [0.717, 1.165) is 0 Å². The fourth-order valence-corrected chi connectivity index (χ4v) is 4.22. The maximum atomic E-state index is 12.1. The number of esters is 3. The van der Waals surface area contributed by atoms with Crippen LogP contribution in [0.3, 0.4) is 0 Å². The molecule has 182 valence electrons. The molecule has 0 radical (unpaired) electrons. The minimum absolute atomic E-state index is 0.0914. The van der Waals surface area contributed by atoms with Gasteiger partial charge in [-0.2, -0.15) is 0 Å². The average Bonchev–Trinajstić information content (AvgIpc) is 3.33. The maximum absolute atomic E-state index is 12.1. The van der Waals surface area contributed by atoms with Crippen LogP contribution in [-0.4, -0.2) is 75.4 Å². The fourth-order valence-electron chi connectivity index (χ4n) is 4.00. The highest BCUT2D eigenvalue weighted by atomic mass is 35.5. The number of ether oxygens (including phenoxy) is 4. The van der Waals surface area contributed by atoms with Gasteiger partial charge >= 0.3 is 17.9 Å². The molecule has 1 saturated heterocycles. The Labute approximate surface area is 198 Å². The predicted molar refractivity (Wildman–Crippen MR) is 114 cm³/mol. The zero-order valence-electron chi connectivity index (χ0n) is 18.5. The highest BCUT2D eigenvalue weighted by Gasteiger charge is 2.51. The summed E-state index contributed by atoms with van der Waals surface area (Å²) in [5, 5.41) is 2.79. The molecule has 0 spiro atoms. The minimum Gasteiger partial charge on any atom is -0.463 e. The van der Waals surface area contributed by atoms with Crippen molar-refractivity contribution in [2.45, 2.75) is 51.5 Å². The van der Waals surface area contributed by atoms with Gasteiger partial charge in [0.15, 0.2) is 30.4 Å². The molecular weight excluding hydrogens is 474 g/mol. The van der Waals surface area contributed by atoms with Gasteiger partial charge in [0.2, 0.25) is 5.91 Å². The molecule has 1 aromatic rings. The monoisotopic (exact) mass is 495 g/mol. The fraction of sp³-hybridized carbons (Fsp3) is 0.500. The number of rotatable bonds is 6. The highest BCUT2D eigenvalue weighted by Crippen LogP contribution is 2.41. The molecule has 34 heavy (non-hydrogen) atoms. The number of imidazole rings is 1. The summed E-state index contributed by atoms with van der Waals surface area (Å²) in [4.78, 5) is 57.6. The molecule has 0 aliphatic carbocycles. The Morgan fingerprint density at radius 2 is 1.85 bits per heavy atom.